The van der Waals surface area contributed by atoms with E-state index in [0.29, 0.717) is 5.69 Å². The first-order valence-corrected chi connectivity index (χ1v) is 7.06. The first-order chi connectivity index (χ1) is 7.70. The van der Waals surface area contributed by atoms with Crippen molar-refractivity contribution in [1.82, 2.24) is 15.5 Å². The number of H-pyrrole nitrogens is 1. The Hall–Kier alpha value is -1.57. The Labute approximate surface area is 99.7 Å². The predicted molar refractivity (Wildman–Crippen MR) is 64.4 cm³/mol. The second-order valence-electron chi connectivity index (χ2n) is 4.08. The fraction of sp³-hybridized carbons (Fsp3) is 0.556. The van der Waals surface area contributed by atoms with Gasteiger partial charge >= 0.3 is 0 Å². The summed E-state index contributed by atoms with van der Waals surface area (Å²) in [6, 6.07) is -0.492. The van der Waals surface area contributed by atoms with Crippen LogP contribution in [-0.2, 0) is 9.84 Å². The number of nitrogens with zero attached hydrogens (tertiary/aromatic N) is 1. The number of carbonyl (C=O) groups is 1. The minimum atomic E-state index is -3.13. The molecule has 0 bridgehead atoms. The molecule has 17 heavy (non-hydrogen) atoms. The molecule has 8 heteroatoms. The fourth-order valence-corrected chi connectivity index (χ4v) is 2.39. The maximum Gasteiger partial charge on any atom is 0.274 e. The standard InChI is InChI=1S/C9H16N4O3S/c1-5(4-17(3,15)16)11-9(14)8-7(10)6(2)12-13-8/h5H,4,10H2,1-3H3,(H,11,14)(H,12,13). The second kappa shape index (κ2) is 4.74. The van der Waals surface area contributed by atoms with Gasteiger partial charge in [0.2, 0.25) is 0 Å². The number of nitrogens with two attached hydrogens (primary N) is 1. The first-order valence-electron chi connectivity index (χ1n) is 4.99. The number of carbonyl (C=O) groups excluding carboxylic acids is 1. The highest BCUT2D eigenvalue weighted by atomic mass is 32.2. The van der Waals surface area contributed by atoms with Crippen molar-refractivity contribution in [3.8, 4) is 0 Å². The van der Waals surface area contributed by atoms with E-state index in [1.165, 1.54) is 0 Å². The minimum Gasteiger partial charge on any atom is -0.395 e. The molecule has 1 aromatic heterocycles. The molecular formula is C9H16N4O3S. The summed E-state index contributed by atoms with van der Waals surface area (Å²) in [5.74, 6) is -0.606. The number of rotatable bonds is 4. The fourth-order valence-electron chi connectivity index (χ4n) is 1.40. The highest BCUT2D eigenvalue weighted by Gasteiger charge is 2.19. The molecule has 96 valence electrons. The number of hydrogen-bond donors (Lipinski definition) is 3. The van der Waals surface area contributed by atoms with Crippen LogP contribution in [0.1, 0.15) is 23.1 Å². The van der Waals surface area contributed by atoms with Crippen molar-refractivity contribution in [3.63, 3.8) is 0 Å². The summed E-state index contributed by atoms with van der Waals surface area (Å²) >= 11 is 0. The van der Waals surface area contributed by atoms with Crippen LogP contribution in [0.5, 0.6) is 0 Å². The summed E-state index contributed by atoms with van der Waals surface area (Å²) in [6.07, 6.45) is 1.11. The monoisotopic (exact) mass is 260 g/mol. The molecule has 0 aliphatic carbocycles. The van der Waals surface area contributed by atoms with E-state index in [1.807, 2.05) is 0 Å². The molecule has 1 aromatic rings. The van der Waals surface area contributed by atoms with Crippen LogP contribution in [0.4, 0.5) is 5.69 Å². The second-order valence-corrected chi connectivity index (χ2v) is 6.26. The van der Waals surface area contributed by atoms with Gasteiger partial charge in [0.25, 0.3) is 5.91 Å². The average Bonchev–Trinajstić information content (AvgIpc) is 2.44. The van der Waals surface area contributed by atoms with Crippen molar-refractivity contribution < 1.29 is 13.2 Å². The van der Waals surface area contributed by atoms with E-state index < -0.39 is 21.8 Å². The van der Waals surface area contributed by atoms with Gasteiger partial charge in [-0.1, -0.05) is 0 Å². The van der Waals surface area contributed by atoms with Crippen LogP contribution in [-0.4, -0.2) is 42.6 Å². The topological polar surface area (TPSA) is 118 Å². The van der Waals surface area contributed by atoms with Crippen molar-refractivity contribution in [2.45, 2.75) is 19.9 Å². The predicted octanol–water partition coefficient (Wildman–Crippen LogP) is -0.537. The largest absolute Gasteiger partial charge is 0.395 e. The van der Waals surface area contributed by atoms with Gasteiger partial charge in [0.1, 0.15) is 9.84 Å². The third-order valence-corrected chi connectivity index (χ3v) is 3.25. The van der Waals surface area contributed by atoms with Crippen molar-refractivity contribution in [1.29, 1.82) is 0 Å². The van der Waals surface area contributed by atoms with E-state index in [-0.39, 0.29) is 17.1 Å². The number of anilines is 1. The molecule has 1 unspecified atom stereocenters. The van der Waals surface area contributed by atoms with Gasteiger partial charge in [0.05, 0.1) is 17.1 Å². The molecule has 0 aliphatic rings. The lowest BCUT2D eigenvalue weighted by Crippen LogP contribution is -2.37. The molecule has 1 heterocycles. The molecular weight excluding hydrogens is 244 g/mol. The number of amides is 1. The molecule has 0 saturated heterocycles. The molecule has 7 nitrogen and oxygen atoms in total. The zero-order valence-corrected chi connectivity index (χ0v) is 10.8. The van der Waals surface area contributed by atoms with E-state index in [9.17, 15) is 13.2 Å². The Morgan fingerprint density at radius 3 is 2.59 bits per heavy atom. The zero-order valence-electron chi connectivity index (χ0n) is 9.94. The Bertz CT molecular complexity index is 520. The lowest BCUT2D eigenvalue weighted by molar-refractivity contribution is 0.0939. The Balaban J connectivity index is 2.70. The van der Waals surface area contributed by atoms with Gasteiger partial charge < -0.3 is 11.1 Å². The molecule has 0 fully saturated rings. The van der Waals surface area contributed by atoms with Crippen LogP contribution in [0.15, 0.2) is 0 Å². The van der Waals surface area contributed by atoms with Crippen molar-refractivity contribution in [3.05, 3.63) is 11.4 Å². The third-order valence-electron chi connectivity index (χ3n) is 2.14. The van der Waals surface area contributed by atoms with Crippen LogP contribution in [0.2, 0.25) is 0 Å². The highest BCUT2D eigenvalue weighted by Crippen LogP contribution is 2.12. The SMILES string of the molecule is Cc1[nH]nc(C(=O)NC(C)CS(C)(=O)=O)c1N. The molecule has 0 saturated carbocycles. The summed E-state index contributed by atoms with van der Waals surface area (Å²) in [4.78, 5) is 11.7. The van der Waals surface area contributed by atoms with Crippen LogP contribution in [0, 0.1) is 6.92 Å². The van der Waals surface area contributed by atoms with E-state index in [4.69, 9.17) is 5.73 Å². The van der Waals surface area contributed by atoms with Crippen LogP contribution in [0.25, 0.3) is 0 Å². The van der Waals surface area contributed by atoms with Crippen molar-refractivity contribution in [2.24, 2.45) is 0 Å². The molecule has 1 amide bonds. The quantitative estimate of drug-likeness (QED) is 0.672. The highest BCUT2D eigenvalue weighted by molar-refractivity contribution is 7.90. The maximum absolute atomic E-state index is 11.7. The molecule has 0 aromatic carbocycles. The molecule has 1 rings (SSSR count). The number of aromatic amines is 1. The molecule has 0 spiro atoms. The van der Waals surface area contributed by atoms with Gasteiger partial charge in [-0.2, -0.15) is 5.10 Å². The van der Waals surface area contributed by atoms with Gasteiger partial charge in [-0.15, -0.1) is 0 Å². The number of aromatic nitrogens is 2. The van der Waals surface area contributed by atoms with Gasteiger partial charge in [-0.25, -0.2) is 8.42 Å². The van der Waals surface area contributed by atoms with Crippen molar-refractivity contribution >= 4 is 21.4 Å². The summed E-state index contributed by atoms with van der Waals surface area (Å²) in [5, 5.41) is 8.86. The zero-order chi connectivity index (χ0) is 13.2. The summed E-state index contributed by atoms with van der Waals surface area (Å²) in [5.41, 5.74) is 6.59. The smallest absolute Gasteiger partial charge is 0.274 e. The van der Waals surface area contributed by atoms with Gasteiger partial charge in [0, 0.05) is 12.3 Å². The van der Waals surface area contributed by atoms with E-state index in [1.54, 1.807) is 13.8 Å². The van der Waals surface area contributed by atoms with Crippen LogP contribution in [0.3, 0.4) is 0 Å². The van der Waals surface area contributed by atoms with Gasteiger partial charge in [0.15, 0.2) is 5.69 Å². The molecule has 1 atom stereocenters. The number of nitrogens with one attached hydrogen (secondary N) is 2. The van der Waals surface area contributed by atoms with E-state index >= 15 is 0 Å². The Morgan fingerprint density at radius 2 is 2.18 bits per heavy atom. The summed E-state index contributed by atoms with van der Waals surface area (Å²) < 4.78 is 22.1. The lowest BCUT2D eigenvalue weighted by Gasteiger charge is -2.11. The van der Waals surface area contributed by atoms with E-state index in [0.717, 1.165) is 6.26 Å². The average molecular weight is 260 g/mol. The number of aryl methyl sites for hydroxylation is 1. The molecule has 0 aliphatic heterocycles. The Kier molecular flexibility index (Phi) is 3.76. The summed E-state index contributed by atoms with van der Waals surface area (Å²) in [6.45, 7) is 3.30. The van der Waals surface area contributed by atoms with Gasteiger partial charge in [-0.3, -0.25) is 9.89 Å². The first kappa shape index (κ1) is 13.5. The normalized spacial score (nSPS) is 13.4. The molecule has 4 N–H and O–H groups in total. The lowest BCUT2D eigenvalue weighted by atomic mass is 10.3. The number of sulfone groups is 1. The number of hydrogen-bond acceptors (Lipinski definition) is 5. The minimum absolute atomic E-state index is 0.0860. The Morgan fingerprint density at radius 1 is 1.59 bits per heavy atom. The van der Waals surface area contributed by atoms with Crippen LogP contribution >= 0.6 is 0 Å². The van der Waals surface area contributed by atoms with Crippen LogP contribution < -0.4 is 11.1 Å². The van der Waals surface area contributed by atoms with Crippen molar-refractivity contribution in [2.75, 3.05) is 17.7 Å². The third kappa shape index (κ3) is 3.74. The van der Waals surface area contributed by atoms with Gasteiger partial charge in [-0.05, 0) is 13.8 Å². The molecule has 0 radical (unpaired) electrons. The summed E-state index contributed by atoms with van der Waals surface area (Å²) in [7, 11) is -3.13. The number of nitrogen functional groups attached to an aromatic ring is 1. The van der Waals surface area contributed by atoms with E-state index in [2.05, 4.69) is 15.5 Å². The maximum atomic E-state index is 11.7.